The van der Waals surface area contributed by atoms with Gasteiger partial charge in [0.2, 0.25) is 5.95 Å². The highest BCUT2D eigenvalue weighted by molar-refractivity contribution is 6.13. The lowest BCUT2D eigenvalue weighted by Crippen LogP contribution is -2.06. The molecule has 0 saturated heterocycles. The van der Waals surface area contributed by atoms with E-state index >= 15 is 0 Å². The van der Waals surface area contributed by atoms with Gasteiger partial charge >= 0.3 is 0 Å². The molecule has 0 bridgehead atoms. The van der Waals surface area contributed by atoms with Crippen molar-refractivity contribution in [3.63, 3.8) is 0 Å². The average molecular weight is 666 g/mol. The van der Waals surface area contributed by atoms with Gasteiger partial charge < -0.3 is 4.42 Å². The molecule has 242 valence electrons. The van der Waals surface area contributed by atoms with Crippen LogP contribution in [0.4, 0.5) is 0 Å². The van der Waals surface area contributed by atoms with Crippen LogP contribution in [0.25, 0.3) is 94.7 Å². The molecule has 0 aliphatic heterocycles. The van der Waals surface area contributed by atoms with Crippen molar-refractivity contribution in [3.05, 3.63) is 169 Å². The molecule has 6 nitrogen and oxygen atoms in total. The smallest absolute Gasteiger partial charge is 0.238 e. The molecule has 3 heterocycles. The zero-order valence-electron chi connectivity index (χ0n) is 27.7. The number of benzene rings is 7. The summed E-state index contributed by atoms with van der Waals surface area (Å²) in [7, 11) is 0. The van der Waals surface area contributed by atoms with Crippen LogP contribution in [0, 0.1) is 11.3 Å². The number of furan rings is 1. The van der Waals surface area contributed by atoms with Gasteiger partial charge in [-0.1, -0.05) is 121 Å². The van der Waals surface area contributed by atoms with Crippen molar-refractivity contribution in [2.24, 2.45) is 0 Å². The van der Waals surface area contributed by atoms with E-state index in [4.69, 9.17) is 19.4 Å². The normalized spacial score (nSPS) is 11.4. The predicted octanol–water partition coefficient (Wildman–Crippen LogP) is 11.4. The molecule has 0 aliphatic carbocycles. The fraction of sp³-hybridized carbons (Fsp3) is 0. The largest absolute Gasteiger partial charge is 0.456 e. The Morgan fingerprint density at radius 2 is 1.08 bits per heavy atom. The Morgan fingerprint density at radius 3 is 1.81 bits per heavy atom. The highest BCUT2D eigenvalue weighted by atomic mass is 16.3. The van der Waals surface area contributed by atoms with Crippen LogP contribution in [0.2, 0.25) is 0 Å². The first kappa shape index (κ1) is 29.5. The maximum Gasteiger partial charge on any atom is 0.238 e. The second kappa shape index (κ2) is 11.9. The fourth-order valence-corrected chi connectivity index (χ4v) is 7.26. The molecule has 0 N–H and O–H groups in total. The summed E-state index contributed by atoms with van der Waals surface area (Å²) in [6.45, 7) is 0. The van der Waals surface area contributed by atoms with Crippen molar-refractivity contribution in [2.45, 2.75) is 0 Å². The Bertz CT molecular complexity index is 2970. The van der Waals surface area contributed by atoms with Crippen LogP contribution in [-0.4, -0.2) is 19.5 Å². The summed E-state index contributed by atoms with van der Waals surface area (Å²) in [5.74, 6) is 1.79. The van der Waals surface area contributed by atoms with Crippen LogP contribution in [0.3, 0.4) is 0 Å². The second-order valence-electron chi connectivity index (χ2n) is 12.8. The number of aromatic nitrogens is 4. The number of hydrogen-bond acceptors (Lipinski definition) is 5. The van der Waals surface area contributed by atoms with Crippen LogP contribution >= 0.6 is 0 Å². The van der Waals surface area contributed by atoms with E-state index in [0.29, 0.717) is 28.7 Å². The molecule has 0 radical (unpaired) electrons. The van der Waals surface area contributed by atoms with Gasteiger partial charge in [-0.3, -0.25) is 4.57 Å². The standard InChI is InChI=1S/C46H27N5O/c47-28-29-20-25-38-42(26-29)52-41-19-9-16-35(43(38)41)34-13-8-12-33(27-34)30-21-23-32(24-22-30)45-48-44(31-10-2-1-3-11-31)49-46(50-45)51-39-17-6-4-14-36(39)37-15-5-7-18-40(37)51/h1-27H. The topological polar surface area (TPSA) is 80.5 Å². The summed E-state index contributed by atoms with van der Waals surface area (Å²) in [6, 6.07) is 57.7. The van der Waals surface area contributed by atoms with E-state index in [9.17, 15) is 5.26 Å². The van der Waals surface area contributed by atoms with Crippen LogP contribution in [0.1, 0.15) is 5.56 Å². The van der Waals surface area contributed by atoms with Crippen LogP contribution in [0.5, 0.6) is 0 Å². The summed E-state index contributed by atoms with van der Waals surface area (Å²) in [4.78, 5) is 15.1. The summed E-state index contributed by atoms with van der Waals surface area (Å²) >= 11 is 0. The van der Waals surface area contributed by atoms with Gasteiger partial charge in [0.15, 0.2) is 11.6 Å². The molecule has 0 amide bonds. The van der Waals surface area contributed by atoms with E-state index in [1.807, 2.05) is 54.6 Å². The molecule has 0 spiro atoms. The first-order valence-electron chi connectivity index (χ1n) is 17.1. The molecule has 0 fully saturated rings. The van der Waals surface area contributed by atoms with Crippen LogP contribution in [0.15, 0.2) is 168 Å². The van der Waals surface area contributed by atoms with E-state index in [-0.39, 0.29) is 0 Å². The van der Waals surface area contributed by atoms with Gasteiger partial charge in [-0.2, -0.15) is 15.2 Å². The average Bonchev–Trinajstić information content (AvgIpc) is 3.76. The van der Waals surface area contributed by atoms with Crippen LogP contribution in [-0.2, 0) is 0 Å². The van der Waals surface area contributed by atoms with Crippen molar-refractivity contribution in [1.29, 1.82) is 5.26 Å². The molecule has 7 aromatic carbocycles. The summed E-state index contributed by atoms with van der Waals surface area (Å²) in [6.07, 6.45) is 0. The van der Waals surface area contributed by atoms with E-state index in [1.165, 1.54) is 0 Å². The Kier molecular flexibility index (Phi) is 6.76. The van der Waals surface area contributed by atoms with Gasteiger partial charge in [0, 0.05) is 32.7 Å². The van der Waals surface area contributed by atoms with Crippen molar-refractivity contribution >= 4 is 43.7 Å². The lowest BCUT2D eigenvalue weighted by atomic mass is 9.95. The third kappa shape index (κ3) is 4.84. The quantitative estimate of drug-likeness (QED) is 0.183. The third-order valence-electron chi connectivity index (χ3n) is 9.71. The molecule has 52 heavy (non-hydrogen) atoms. The Hall–Kier alpha value is -7.36. The number of para-hydroxylation sites is 2. The summed E-state index contributed by atoms with van der Waals surface area (Å²) < 4.78 is 8.30. The number of rotatable bonds is 5. The first-order chi connectivity index (χ1) is 25.7. The van der Waals surface area contributed by atoms with Gasteiger partial charge in [-0.05, 0) is 64.7 Å². The second-order valence-corrected chi connectivity index (χ2v) is 12.8. The molecule has 10 aromatic rings. The summed E-state index contributed by atoms with van der Waals surface area (Å²) in [5, 5.41) is 13.7. The molecular weight excluding hydrogens is 639 g/mol. The van der Waals surface area contributed by atoms with Crippen molar-refractivity contribution in [3.8, 4) is 57.0 Å². The number of nitrogens with zero attached hydrogens (tertiary/aromatic N) is 5. The fourth-order valence-electron chi connectivity index (χ4n) is 7.26. The van der Waals surface area contributed by atoms with Crippen LogP contribution < -0.4 is 0 Å². The third-order valence-corrected chi connectivity index (χ3v) is 9.71. The van der Waals surface area contributed by atoms with Gasteiger partial charge in [0.1, 0.15) is 11.2 Å². The van der Waals surface area contributed by atoms with E-state index < -0.39 is 0 Å². The number of nitriles is 1. The Labute approximate surface area is 298 Å². The maximum atomic E-state index is 9.40. The van der Waals surface area contributed by atoms with Gasteiger partial charge in [0.25, 0.3) is 0 Å². The van der Waals surface area contributed by atoms with Gasteiger partial charge in [-0.25, -0.2) is 4.98 Å². The van der Waals surface area contributed by atoms with Crippen molar-refractivity contribution in [2.75, 3.05) is 0 Å². The Morgan fingerprint density at radius 1 is 0.462 bits per heavy atom. The lowest BCUT2D eigenvalue weighted by molar-refractivity contribution is 0.669. The lowest BCUT2D eigenvalue weighted by Gasteiger charge is -2.11. The maximum absolute atomic E-state index is 9.40. The molecule has 10 rings (SSSR count). The molecular formula is C46H27N5O. The highest BCUT2D eigenvalue weighted by Crippen LogP contribution is 2.38. The number of hydrogen-bond donors (Lipinski definition) is 0. The molecule has 0 saturated carbocycles. The number of fused-ring (bicyclic) bond motifs is 6. The molecule has 6 heteroatoms. The summed E-state index contributed by atoms with van der Waals surface area (Å²) in [5.41, 5.74) is 10.3. The zero-order valence-corrected chi connectivity index (χ0v) is 27.7. The van der Waals surface area contributed by atoms with Crippen molar-refractivity contribution in [1.82, 2.24) is 19.5 Å². The Balaban J connectivity index is 1.07. The zero-order chi connectivity index (χ0) is 34.6. The highest BCUT2D eigenvalue weighted by Gasteiger charge is 2.18. The first-order valence-corrected chi connectivity index (χ1v) is 17.1. The predicted molar refractivity (Wildman–Crippen MR) is 208 cm³/mol. The SMILES string of the molecule is N#Cc1ccc2c(c1)oc1cccc(-c3cccc(-c4ccc(-c5nc(-c6ccccc6)nc(-n6c7ccccc7c7ccccc76)n5)cc4)c3)c12. The molecule has 0 aliphatic rings. The minimum atomic E-state index is 0.572. The molecule has 3 aromatic heterocycles. The molecule has 0 atom stereocenters. The minimum absolute atomic E-state index is 0.572. The minimum Gasteiger partial charge on any atom is -0.456 e. The van der Waals surface area contributed by atoms with E-state index in [2.05, 4.69) is 114 Å². The van der Waals surface area contributed by atoms with Crippen molar-refractivity contribution < 1.29 is 4.42 Å². The monoisotopic (exact) mass is 665 g/mol. The van der Waals surface area contributed by atoms with Gasteiger partial charge in [-0.15, -0.1) is 0 Å². The molecule has 0 unspecified atom stereocenters. The van der Waals surface area contributed by atoms with E-state index in [0.717, 1.165) is 71.5 Å². The van der Waals surface area contributed by atoms with Gasteiger partial charge in [0.05, 0.1) is 22.7 Å². The van der Waals surface area contributed by atoms with E-state index in [1.54, 1.807) is 6.07 Å².